The Morgan fingerprint density at radius 3 is 1.46 bits per heavy atom. The van der Waals surface area contributed by atoms with Crippen molar-refractivity contribution in [2.24, 2.45) is 0 Å². The lowest BCUT2D eigenvalue weighted by molar-refractivity contribution is 1.12. The number of hydrogen-bond acceptors (Lipinski definition) is 4. The second kappa shape index (κ2) is 9.94. The van der Waals surface area contributed by atoms with Crippen LogP contribution in [0.4, 0.5) is 0 Å². The van der Waals surface area contributed by atoms with Crippen molar-refractivity contribution in [3.63, 3.8) is 0 Å². The highest BCUT2D eigenvalue weighted by molar-refractivity contribution is 8.77. The van der Waals surface area contributed by atoms with E-state index in [9.17, 15) is 0 Å². The predicted octanol–water partition coefficient (Wildman–Crippen LogP) is 4.96. The molecule has 0 aromatic rings. The highest BCUT2D eigenvalue weighted by atomic mass is 33.1. The van der Waals surface area contributed by atoms with Gasteiger partial charge in [0, 0.05) is 22.0 Å². The lowest BCUT2D eigenvalue weighted by Gasteiger charge is -2.04. The average molecular weight is 257 g/mol. The third-order valence-electron chi connectivity index (χ3n) is 0.976. The third kappa shape index (κ3) is 13.4. The molecule has 0 aliphatic heterocycles. The van der Waals surface area contributed by atoms with E-state index in [1.807, 2.05) is 43.2 Å². The first-order valence-corrected chi connectivity index (χ1v) is 9.46. The minimum Gasteiger partial charge on any atom is -0.0939 e. The number of hydrogen-bond donors (Lipinski definition) is 0. The molecule has 80 valence electrons. The van der Waals surface area contributed by atoms with Gasteiger partial charge in [0.15, 0.2) is 0 Å². The topological polar surface area (TPSA) is 0 Å². The van der Waals surface area contributed by atoms with E-state index in [2.05, 4.69) is 27.7 Å². The van der Waals surface area contributed by atoms with Crippen LogP contribution in [-0.2, 0) is 0 Å². The van der Waals surface area contributed by atoms with Crippen LogP contribution in [0.5, 0.6) is 0 Å². The van der Waals surface area contributed by atoms with Gasteiger partial charge < -0.3 is 0 Å². The molecule has 0 fully saturated rings. The molecule has 0 rings (SSSR count). The highest BCUT2D eigenvalue weighted by Gasteiger charge is 1.97. The van der Waals surface area contributed by atoms with Crippen LogP contribution in [0.15, 0.2) is 0 Å². The van der Waals surface area contributed by atoms with Crippen LogP contribution < -0.4 is 0 Å². The van der Waals surface area contributed by atoms with E-state index in [0.29, 0.717) is 0 Å². The quantitative estimate of drug-likeness (QED) is 0.444. The molecule has 0 spiro atoms. The minimum absolute atomic E-state index is 0.766. The molecule has 4 heteroatoms. The van der Waals surface area contributed by atoms with E-state index in [0.717, 1.165) is 10.5 Å². The molecule has 0 radical (unpaired) electrons. The third-order valence-corrected chi connectivity index (χ3v) is 7.05. The molecule has 0 nitrogen and oxygen atoms in total. The van der Waals surface area contributed by atoms with Gasteiger partial charge in [-0.1, -0.05) is 70.9 Å². The van der Waals surface area contributed by atoms with E-state index in [-0.39, 0.29) is 0 Å². The fourth-order valence-electron chi connectivity index (χ4n) is 0.545. The van der Waals surface area contributed by atoms with Gasteiger partial charge in [0.05, 0.1) is 0 Å². The van der Waals surface area contributed by atoms with Gasteiger partial charge in [-0.05, 0) is 6.42 Å². The van der Waals surface area contributed by atoms with Crippen LogP contribution in [0.3, 0.4) is 0 Å². The molecule has 0 amide bonds. The molecule has 0 saturated heterocycles. The Labute approximate surface area is 99.0 Å². The van der Waals surface area contributed by atoms with Crippen LogP contribution in [0.25, 0.3) is 0 Å². The van der Waals surface area contributed by atoms with Crippen molar-refractivity contribution in [1.29, 1.82) is 0 Å². The van der Waals surface area contributed by atoms with Crippen molar-refractivity contribution in [3.8, 4) is 0 Å². The van der Waals surface area contributed by atoms with Gasteiger partial charge in [-0.15, -0.1) is 0 Å². The average Bonchev–Trinajstić information content (AvgIpc) is 2.01. The first kappa shape index (κ1) is 14.4. The lowest BCUT2D eigenvalue weighted by atomic mass is 10.6. The molecule has 0 aliphatic carbocycles. The van der Waals surface area contributed by atoms with E-state index in [1.165, 1.54) is 17.9 Å². The van der Waals surface area contributed by atoms with Gasteiger partial charge in [-0.3, -0.25) is 0 Å². The summed E-state index contributed by atoms with van der Waals surface area (Å²) in [4.78, 5) is 0. The molecule has 0 bridgehead atoms. The molecule has 0 saturated carbocycles. The molecule has 13 heavy (non-hydrogen) atoms. The Hall–Kier alpha value is 1.40. The summed E-state index contributed by atoms with van der Waals surface area (Å²) in [7, 11) is 8.02. The molecule has 0 atom stereocenters. The second-order valence-electron chi connectivity index (χ2n) is 3.29. The zero-order valence-corrected chi connectivity index (χ0v) is 12.2. The van der Waals surface area contributed by atoms with Crippen LogP contribution in [0, 0.1) is 0 Å². The summed E-state index contributed by atoms with van der Waals surface area (Å²) in [6.45, 7) is 9.00. The molecule has 0 aromatic carbocycles. The van der Waals surface area contributed by atoms with Gasteiger partial charge >= 0.3 is 0 Å². The van der Waals surface area contributed by atoms with Crippen molar-refractivity contribution < 1.29 is 0 Å². The molecule has 0 aromatic heterocycles. The minimum atomic E-state index is 0.766. The summed E-state index contributed by atoms with van der Waals surface area (Å²) in [6, 6.07) is 0. The Morgan fingerprint density at radius 2 is 1.15 bits per heavy atom. The lowest BCUT2D eigenvalue weighted by Crippen LogP contribution is -1.86. The SMILES string of the molecule is CC(C)SSCCCSSC(C)C. The van der Waals surface area contributed by atoms with Crippen molar-refractivity contribution in [3.05, 3.63) is 0 Å². The Morgan fingerprint density at radius 1 is 0.769 bits per heavy atom. The van der Waals surface area contributed by atoms with E-state index < -0.39 is 0 Å². The van der Waals surface area contributed by atoms with E-state index in [4.69, 9.17) is 0 Å². The van der Waals surface area contributed by atoms with Gasteiger partial charge in [-0.2, -0.15) is 0 Å². The summed E-state index contributed by atoms with van der Waals surface area (Å²) in [6.07, 6.45) is 1.34. The molecule has 0 N–H and O–H groups in total. The van der Waals surface area contributed by atoms with E-state index in [1.54, 1.807) is 0 Å². The molecular formula is C9H20S4. The molecular weight excluding hydrogens is 236 g/mol. The summed E-state index contributed by atoms with van der Waals surface area (Å²) < 4.78 is 0. The van der Waals surface area contributed by atoms with Crippen LogP contribution in [0.2, 0.25) is 0 Å². The van der Waals surface area contributed by atoms with Crippen molar-refractivity contribution in [1.82, 2.24) is 0 Å². The summed E-state index contributed by atoms with van der Waals surface area (Å²) in [5.74, 6) is 2.60. The van der Waals surface area contributed by atoms with Gasteiger partial charge in [0.2, 0.25) is 0 Å². The Kier molecular flexibility index (Phi) is 11.0. The summed E-state index contributed by atoms with van der Waals surface area (Å²) >= 11 is 0. The van der Waals surface area contributed by atoms with Crippen LogP contribution in [-0.4, -0.2) is 22.0 Å². The second-order valence-corrected chi connectivity index (χ2v) is 9.41. The Bertz CT molecular complexity index is 91.8. The van der Waals surface area contributed by atoms with Crippen LogP contribution in [0.1, 0.15) is 34.1 Å². The standard InChI is InChI=1S/C9H20S4/c1-8(2)12-10-6-5-7-11-13-9(3)4/h8-9H,5-7H2,1-4H3. The van der Waals surface area contributed by atoms with Gasteiger partial charge in [0.25, 0.3) is 0 Å². The van der Waals surface area contributed by atoms with Gasteiger partial charge in [-0.25, -0.2) is 0 Å². The van der Waals surface area contributed by atoms with Crippen molar-refractivity contribution >= 4 is 43.2 Å². The number of rotatable bonds is 8. The molecule has 0 unspecified atom stereocenters. The maximum absolute atomic E-state index is 2.25. The van der Waals surface area contributed by atoms with Crippen LogP contribution >= 0.6 is 43.2 Å². The fourth-order valence-corrected chi connectivity index (χ4v) is 4.91. The van der Waals surface area contributed by atoms with Crippen molar-refractivity contribution in [2.45, 2.75) is 44.6 Å². The first-order chi connectivity index (χ1) is 6.13. The zero-order chi connectivity index (χ0) is 10.1. The van der Waals surface area contributed by atoms with Gasteiger partial charge in [0.1, 0.15) is 0 Å². The molecule has 0 heterocycles. The van der Waals surface area contributed by atoms with E-state index >= 15 is 0 Å². The molecule has 0 aliphatic rings. The monoisotopic (exact) mass is 256 g/mol. The Balaban J connectivity index is 2.92. The highest BCUT2D eigenvalue weighted by Crippen LogP contribution is 2.30. The fraction of sp³-hybridized carbons (Fsp3) is 1.00. The maximum atomic E-state index is 2.25. The normalized spacial score (nSPS) is 11.5. The smallest absolute Gasteiger partial charge is 0.00944 e. The van der Waals surface area contributed by atoms with Crippen molar-refractivity contribution in [2.75, 3.05) is 11.5 Å². The first-order valence-electron chi connectivity index (χ1n) is 4.69. The summed E-state index contributed by atoms with van der Waals surface area (Å²) in [5, 5.41) is 1.53. The summed E-state index contributed by atoms with van der Waals surface area (Å²) in [5.41, 5.74) is 0. The zero-order valence-electron chi connectivity index (χ0n) is 8.91. The maximum Gasteiger partial charge on any atom is 0.00944 e. The largest absolute Gasteiger partial charge is 0.0939 e. The predicted molar refractivity (Wildman–Crippen MR) is 75.0 cm³/mol.